The Bertz CT molecular complexity index is 1030. The van der Waals surface area contributed by atoms with Crippen molar-refractivity contribution in [2.45, 2.75) is 50.4 Å². The summed E-state index contributed by atoms with van der Waals surface area (Å²) in [6, 6.07) is 8.20. The number of allylic oxidation sites excluding steroid dienone is 2. The molecule has 168 valence electrons. The summed E-state index contributed by atoms with van der Waals surface area (Å²) in [5.74, 6) is 0.162. The van der Waals surface area contributed by atoms with E-state index in [0.717, 1.165) is 67.3 Å². The van der Waals surface area contributed by atoms with E-state index in [1.54, 1.807) is 0 Å². The number of nitrogens with zero attached hydrogens (tertiary/aromatic N) is 2. The molecule has 2 aromatic rings. The number of carbonyl (C=O) groups is 1. The number of carbonyl (C=O) groups excluding carboxylic acids is 1. The van der Waals surface area contributed by atoms with E-state index in [-0.39, 0.29) is 24.2 Å². The van der Waals surface area contributed by atoms with Crippen LogP contribution < -0.4 is 5.32 Å². The van der Waals surface area contributed by atoms with Gasteiger partial charge >= 0.3 is 0 Å². The lowest BCUT2D eigenvalue weighted by Gasteiger charge is -2.34. The Morgan fingerprint density at radius 3 is 2.78 bits per heavy atom. The van der Waals surface area contributed by atoms with E-state index >= 15 is 0 Å². The number of benzene rings is 1. The Morgan fingerprint density at radius 2 is 2.06 bits per heavy atom. The van der Waals surface area contributed by atoms with Gasteiger partial charge in [0.2, 0.25) is 0 Å². The molecular weight excluding hydrogens is 402 g/mol. The molecule has 32 heavy (non-hydrogen) atoms. The molecule has 1 aromatic carbocycles. The van der Waals surface area contributed by atoms with Crippen LogP contribution in [0.25, 0.3) is 16.5 Å². The number of rotatable bonds is 5. The highest BCUT2D eigenvalue weighted by Crippen LogP contribution is 2.33. The second-order valence-electron chi connectivity index (χ2n) is 8.77. The molecule has 1 amide bonds. The predicted molar refractivity (Wildman–Crippen MR) is 126 cm³/mol. The van der Waals surface area contributed by atoms with Gasteiger partial charge in [0.15, 0.2) is 0 Å². The van der Waals surface area contributed by atoms with E-state index < -0.39 is 0 Å². The van der Waals surface area contributed by atoms with E-state index in [1.807, 2.05) is 36.3 Å². The van der Waals surface area contributed by atoms with Crippen molar-refractivity contribution in [1.82, 2.24) is 9.88 Å². The third-order valence-corrected chi connectivity index (χ3v) is 6.72. The van der Waals surface area contributed by atoms with E-state index in [4.69, 9.17) is 9.47 Å². The fourth-order valence-electron chi connectivity index (χ4n) is 4.97. The van der Waals surface area contributed by atoms with Crippen molar-refractivity contribution in [1.29, 1.82) is 0 Å². The first-order valence-electron chi connectivity index (χ1n) is 11.7. The summed E-state index contributed by atoms with van der Waals surface area (Å²) < 4.78 is 11.9. The maximum absolute atomic E-state index is 12.5. The van der Waals surface area contributed by atoms with Crippen LogP contribution in [0, 0.1) is 0 Å². The molecule has 0 spiro atoms. The molecule has 1 aromatic heterocycles. The monoisotopic (exact) mass is 433 g/mol. The third-order valence-electron chi connectivity index (χ3n) is 6.72. The molecule has 1 N–H and O–H groups in total. The topological polar surface area (TPSA) is 63.7 Å². The van der Waals surface area contributed by atoms with Crippen LogP contribution in [-0.2, 0) is 14.3 Å². The van der Waals surface area contributed by atoms with Crippen LogP contribution in [0.2, 0.25) is 0 Å². The Kier molecular flexibility index (Phi) is 6.23. The number of nitrogens with one attached hydrogen (secondary N) is 1. The zero-order chi connectivity index (χ0) is 21.9. The van der Waals surface area contributed by atoms with Crippen LogP contribution in [0.5, 0.6) is 0 Å². The van der Waals surface area contributed by atoms with Gasteiger partial charge in [-0.3, -0.25) is 9.78 Å². The number of hydrogen-bond acceptors (Lipinski definition) is 5. The summed E-state index contributed by atoms with van der Waals surface area (Å²) in [6.07, 6.45) is 13.0. The second kappa shape index (κ2) is 9.43. The lowest BCUT2D eigenvalue weighted by molar-refractivity contribution is -0.143. The van der Waals surface area contributed by atoms with E-state index in [1.165, 1.54) is 5.57 Å². The lowest BCUT2D eigenvalue weighted by atomic mass is 9.96. The first kappa shape index (κ1) is 21.2. The van der Waals surface area contributed by atoms with Crippen molar-refractivity contribution in [2.24, 2.45) is 0 Å². The van der Waals surface area contributed by atoms with Crippen molar-refractivity contribution in [3.8, 4) is 0 Å². The molecule has 3 aliphatic rings. The summed E-state index contributed by atoms with van der Waals surface area (Å²) in [4.78, 5) is 19.1. The first-order chi connectivity index (χ1) is 15.7. The Morgan fingerprint density at radius 1 is 1.22 bits per heavy atom. The van der Waals surface area contributed by atoms with Crippen molar-refractivity contribution < 1.29 is 14.3 Å². The van der Waals surface area contributed by atoms with Gasteiger partial charge in [-0.25, -0.2) is 0 Å². The highest BCUT2D eigenvalue weighted by Gasteiger charge is 2.31. The number of fused-ring (bicyclic) bond motifs is 1. The number of piperidine rings is 1. The van der Waals surface area contributed by atoms with Gasteiger partial charge in [-0.05, 0) is 43.7 Å². The average molecular weight is 434 g/mol. The summed E-state index contributed by atoms with van der Waals surface area (Å²) in [5, 5.41) is 4.49. The lowest BCUT2D eigenvalue weighted by Crippen LogP contribution is -2.45. The molecule has 0 bridgehead atoms. The highest BCUT2D eigenvalue weighted by molar-refractivity contribution is 5.98. The number of aromatic nitrogens is 1. The van der Waals surface area contributed by atoms with Crippen LogP contribution >= 0.6 is 0 Å². The highest BCUT2D eigenvalue weighted by atomic mass is 16.5. The van der Waals surface area contributed by atoms with Crippen molar-refractivity contribution in [2.75, 3.05) is 32.1 Å². The number of pyridine rings is 1. The fraction of sp³-hybridized carbons (Fsp3) is 0.462. The largest absolute Gasteiger partial charge is 0.387 e. The van der Waals surface area contributed by atoms with Gasteiger partial charge in [0.05, 0.1) is 23.4 Å². The Labute approximate surface area is 189 Å². The van der Waals surface area contributed by atoms with Gasteiger partial charge in [0, 0.05) is 43.9 Å². The third kappa shape index (κ3) is 4.30. The van der Waals surface area contributed by atoms with E-state index in [9.17, 15) is 4.79 Å². The molecule has 5 rings (SSSR count). The maximum atomic E-state index is 12.5. The number of likely N-dealkylation sites (tertiary alicyclic amines) is 1. The van der Waals surface area contributed by atoms with Crippen LogP contribution in [0.4, 0.5) is 5.69 Å². The summed E-state index contributed by atoms with van der Waals surface area (Å²) in [7, 11) is 1.96. The minimum atomic E-state index is -0.218. The standard InChI is InChI=1S/C26H31N3O3/c1-27-25-21-5-2-3-6-23(21)28-17-22(25)18-8-10-19(11-9-18)32-20-12-14-29(15-13-20)26(30)24-7-4-16-31-24/h2-3,5-6,8-10,17,19-20,24H,4,7,11-16H2,1H3,(H,27,28)/t19?,24-/m1/s1. The molecule has 6 nitrogen and oxygen atoms in total. The molecule has 2 fully saturated rings. The first-order valence-corrected chi connectivity index (χ1v) is 11.7. The average Bonchev–Trinajstić information content (AvgIpc) is 3.39. The SMILES string of the molecule is CNc1c(C2=CCC(OC3CCN(C(=O)[C@H]4CCCO4)CC3)C=C2)cnc2ccccc12. The molecule has 3 heterocycles. The van der Waals surface area contributed by atoms with E-state index in [0.29, 0.717) is 6.61 Å². The molecule has 0 radical (unpaired) electrons. The smallest absolute Gasteiger partial charge is 0.251 e. The number of amides is 1. The molecule has 0 saturated carbocycles. The molecular formula is C26H31N3O3. The van der Waals surface area contributed by atoms with Crippen LogP contribution in [0.3, 0.4) is 0 Å². The molecule has 1 unspecified atom stereocenters. The van der Waals surface area contributed by atoms with Gasteiger partial charge in [0.1, 0.15) is 6.10 Å². The normalized spacial score (nSPS) is 24.0. The van der Waals surface area contributed by atoms with Crippen molar-refractivity contribution in [3.63, 3.8) is 0 Å². The van der Waals surface area contributed by atoms with Gasteiger partial charge in [0.25, 0.3) is 5.91 Å². The number of ether oxygens (including phenoxy) is 2. The number of anilines is 1. The second-order valence-corrected chi connectivity index (χ2v) is 8.77. The van der Waals surface area contributed by atoms with Crippen molar-refractivity contribution in [3.05, 3.63) is 54.3 Å². The zero-order valence-corrected chi connectivity index (χ0v) is 18.6. The van der Waals surface area contributed by atoms with Gasteiger partial charge in [-0.1, -0.05) is 36.4 Å². The van der Waals surface area contributed by atoms with Crippen LogP contribution in [-0.4, -0.2) is 60.8 Å². The molecule has 2 saturated heterocycles. The minimum Gasteiger partial charge on any atom is -0.387 e. The molecule has 2 atom stereocenters. The van der Waals surface area contributed by atoms with E-state index in [2.05, 4.69) is 34.6 Å². The minimum absolute atomic E-state index is 0.0793. The van der Waals surface area contributed by atoms with Gasteiger partial charge < -0.3 is 19.7 Å². The van der Waals surface area contributed by atoms with Crippen LogP contribution in [0.1, 0.15) is 37.7 Å². The number of hydrogen-bond donors (Lipinski definition) is 1. The van der Waals surface area contributed by atoms with Gasteiger partial charge in [-0.15, -0.1) is 0 Å². The Balaban J connectivity index is 1.18. The van der Waals surface area contributed by atoms with Crippen molar-refractivity contribution >= 4 is 28.1 Å². The maximum Gasteiger partial charge on any atom is 0.251 e. The quantitative estimate of drug-likeness (QED) is 0.767. The fourth-order valence-corrected chi connectivity index (χ4v) is 4.97. The summed E-state index contributed by atoms with van der Waals surface area (Å²) in [6.45, 7) is 2.23. The molecule has 1 aliphatic carbocycles. The zero-order valence-electron chi connectivity index (χ0n) is 18.6. The number of para-hydroxylation sites is 1. The molecule has 2 aliphatic heterocycles. The van der Waals surface area contributed by atoms with Crippen LogP contribution in [0.15, 0.2) is 48.7 Å². The predicted octanol–water partition coefficient (Wildman–Crippen LogP) is 4.18. The summed E-state index contributed by atoms with van der Waals surface area (Å²) >= 11 is 0. The van der Waals surface area contributed by atoms with Gasteiger partial charge in [-0.2, -0.15) is 0 Å². The Hall–Kier alpha value is -2.70. The summed E-state index contributed by atoms with van der Waals surface area (Å²) in [5.41, 5.74) is 4.38. The molecule has 6 heteroatoms.